The Bertz CT molecular complexity index is 1070. The summed E-state index contributed by atoms with van der Waals surface area (Å²) in [6.45, 7) is 8.09. The second-order valence-corrected chi connectivity index (χ2v) is 9.43. The van der Waals surface area contributed by atoms with Crippen LogP contribution < -0.4 is 0 Å². The second kappa shape index (κ2) is 10.2. The number of pyridine rings is 1. The molecule has 0 radical (unpaired) electrons. The summed E-state index contributed by atoms with van der Waals surface area (Å²) in [6.07, 6.45) is 2.95. The molecule has 32 heavy (non-hydrogen) atoms. The summed E-state index contributed by atoms with van der Waals surface area (Å²) in [6, 6.07) is 13.5. The van der Waals surface area contributed by atoms with E-state index in [1.165, 1.54) is 0 Å². The smallest absolute Gasteiger partial charge is 0.312 e. The van der Waals surface area contributed by atoms with E-state index in [4.69, 9.17) is 9.84 Å². The van der Waals surface area contributed by atoms with Crippen LogP contribution >= 0.6 is 15.9 Å². The van der Waals surface area contributed by atoms with Crippen LogP contribution in [0.15, 0.2) is 53.1 Å². The number of carbonyl (C=O) groups excluding carboxylic acids is 2. The van der Waals surface area contributed by atoms with Gasteiger partial charge in [0.15, 0.2) is 0 Å². The van der Waals surface area contributed by atoms with Gasteiger partial charge in [0.05, 0.1) is 17.8 Å². The summed E-state index contributed by atoms with van der Waals surface area (Å²) in [4.78, 5) is 29.0. The fraction of sp³-hybridized carbons (Fsp3) is 0.360. The van der Waals surface area contributed by atoms with Gasteiger partial charge in [-0.2, -0.15) is 5.10 Å². The molecule has 3 aromatic rings. The second-order valence-electron chi connectivity index (χ2n) is 8.51. The van der Waals surface area contributed by atoms with Crippen molar-refractivity contribution in [2.45, 2.75) is 58.6 Å². The zero-order chi connectivity index (χ0) is 23.3. The highest BCUT2D eigenvalue weighted by Gasteiger charge is 2.29. The molecule has 1 atom stereocenters. The van der Waals surface area contributed by atoms with E-state index in [-0.39, 0.29) is 24.7 Å². The molecule has 0 spiro atoms. The van der Waals surface area contributed by atoms with Crippen molar-refractivity contribution in [3.8, 4) is 11.4 Å². The van der Waals surface area contributed by atoms with E-state index in [1.807, 2.05) is 74.8 Å². The minimum absolute atomic E-state index is 0.0617. The van der Waals surface area contributed by atoms with Crippen LogP contribution in [0.25, 0.3) is 11.4 Å². The Morgan fingerprint density at radius 2 is 1.91 bits per heavy atom. The van der Waals surface area contributed by atoms with Gasteiger partial charge in [-0.05, 0) is 57.5 Å². The number of hydrogen-bond acceptors (Lipinski definition) is 5. The first-order chi connectivity index (χ1) is 15.2. The third-order valence-electron chi connectivity index (χ3n) is 4.99. The number of benzene rings is 1. The zero-order valence-electron chi connectivity index (χ0n) is 18.8. The van der Waals surface area contributed by atoms with Crippen LogP contribution in [0.2, 0.25) is 0 Å². The number of nitrogens with zero attached hydrogens (tertiary/aromatic N) is 3. The van der Waals surface area contributed by atoms with E-state index in [0.717, 1.165) is 27.6 Å². The minimum atomic E-state index is -0.591. The van der Waals surface area contributed by atoms with Gasteiger partial charge in [-0.15, -0.1) is 0 Å². The molecular formula is C25H28BrN3O3. The van der Waals surface area contributed by atoms with E-state index in [1.54, 1.807) is 6.20 Å². The molecule has 0 amide bonds. The van der Waals surface area contributed by atoms with E-state index in [9.17, 15) is 9.59 Å². The number of aryl methyl sites for hydroxylation is 1. The molecule has 1 unspecified atom stereocenters. The molecule has 0 aliphatic heterocycles. The number of rotatable bonds is 8. The summed E-state index contributed by atoms with van der Waals surface area (Å²) in [5.41, 5.74) is 3.35. The molecule has 0 aliphatic carbocycles. The van der Waals surface area contributed by atoms with Gasteiger partial charge in [-0.25, -0.2) is 0 Å². The highest BCUT2D eigenvalue weighted by molar-refractivity contribution is 9.10. The first-order valence-corrected chi connectivity index (χ1v) is 11.4. The normalized spacial score (nSPS) is 12.4. The van der Waals surface area contributed by atoms with E-state index < -0.39 is 5.60 Å². The Hall–Kier alpha value is -2.80. The van der Waals surface area contributed by atoms with Gasteiger partial charge in [0.25, 0.3) is 0 Å². The molecule has 0 fully saturated rings. The summed E-state index contributed by atoms with van der Waals surface area (Å²) in [5, 5.41) is 4.82. The van der Waals surface area contributed by atoms with Crippen LogP contribution in [-0.4, -0.2) is 32.6 Å². The largest absolute Gasteiger partial charge is 0.460 e. The molecule has 0 N–H and O–H groups in total. The lowest BCUT2D eigenvalue weighted by Crippen LogP contribution is -2.26. The maximum absolute atomic E-state index is 12.8. The zero-order valence-corrected chi connectivity index (χ0v) is 20.4. The lowest BCUT2D eigenvalue weighted by atomic mass is 9.86. The van der Waals surface area contributed by atoms with Crippen LogP contribution in [-0.2, 0) is 27.3 Å². The maximum Gasteiger partial charge on any atom is 0.312 e. The van der Waals surface area contributed by atoms with Crippen molar-refractivity contribution in [3.63, 3.8) is 0 Å². The average Bonchev–Trinajstić information content (AvgIpc) is 3.10. The third kappa shape index (κ3) is 5.71. The highest BCUT2D eigenvalue weighted by Crippen LogP contribution is 2.37. The molecule has 6 nitrogen and oxygen atoms in total. The van der Waals surface area contributed by atoms with Crippen molar-refractivity contribution < 1.29 is 14.3 Å². The molecular weight excluding hydrogens is 470 g/mol. The van der Waals surface area contributed by atoms with Crippen molar-refractivity contribution >= 4 is 28.2 Å². The molecule has 1 aromatic carbocycles. The number of aromatic nitrogens is 3. The fourth-order valence-corrected chi connectivity index (χ4v) is 4.01. The monoisotopic (exact) mass is 497 g/mol. The van der Waals surface area contributed by atoms with Gasteiger partial charge in [-0.3, -0.25) is 14.5 Å². The van der Waals surface area contributed by atoms with Crippen LogP contribution in [0, 0.1) is 0 Å². The molecule has 0 saturated heterocycles. The molecule has 0 bridgehead atoms. The van der Waals surface area contributed by atoms with E-state index >= 15 is 0 Å². The number of halogens is 1. The van der Waals surface area contributed by atoms with Gasteiger partial charge in [0, 0.05) is 35.1 Å². The predicted molar refractivity (Wildman–Crippen MR) is 127 cm³/mol. The number of aldehydes is 1. The molecule has 0 aliphatic rings. The van der Waals surface area contributed by atoms with Crippen molar-refractivity contribution in [3.05, 3.63) is 70.0 Å². The van der Waals surface area contributed by atoms with Crippen LogP contribution in [0.5, 0.6) is 0 Å². The summed E-state index contributed by atoms with van der Waals surface area (Å²) < 4.78 is 8.37. The van der Waals surface area contributed by atoms with Crippen LogP contribution in [0.4, 0.5) is 0 Å². The highest BCUT2D eigenvalue weighted by atomic mass is 79.9. The maximum atomic E-state index is 12.8. The number of hydrogen-bond donors (Lipinski definition) is 0. The Kier molecular flexibility index (Phi) is 7.61. The quantitative estimate of drug-likeness (QED) is 0.310. The van der Waals surface area contributed by atoms with Crippen LogP contribution in [0.3, 0.4) is 0 Å². The molecule has 7 heteroatoms. The molecule has 0 saturated carbocycles. The first kappa shape index (κ1) is 23.9. The summed E-state index contributed by atoms with van der Waals surface area (Å²) in [5.74, 6) is -0.600. The Labute approximate surface area is 197 Å². The van der Waals surface area contributed by atoms with Gasteiger partial charge in [0.1, 0.15) is 17.6 Å². The Balaban J connectivity index is 2.21. The summed E-state index contributed by atoms with van der Waals surface area (Å²) in [7, 11) is 0. The SMILES string of the molecule is CCn1nc(-c2ccccn2)c(C(CC=O)c2ccc(Br)cc2)c1CC(=O)OC(C)(C)C. The van der Waals surface area contributed by atoms with Crippen molar-refractivity contribution in [2.75, 3.05) is 0 Å². The third-order valence-corrected chi connectivity index (χ3v) is 5.52. The van der Waals surface area contributed by atoms with Gasteiger partial charge in [-0.1, -0.05) is 34.1 Å². The summed E-state index contributed by atoms with van der Waals surface area (Å²) >= 11 is 3.47. The molecule has 2 heterocycles. The molecule has 168 valence electrons. The minimum Gasteiger partial charge on any atom is -0.460 e. The van der Waals surface area contributed by atoms with Gasteiger partial charge >= 0.3 is 5.97 Å². The lowest BCUT2D eigenvalue weighted by molar-refractivity contribution is -0.154. The van der Waals surface area contributed by atoms with Crippen molar-refractivity contribution in [2.24, 2.45) is 0 Å². The van der Waals surface area contributed by atoms with E-state index in [2.05, 4.69) is 20.9 Å². The van der Waals surface area contributed by atoms with Crippen molar-refractivity contribution in [1.82, 2.24) is 14.8 Å². The average molecular weight is 498 g/mol. The topological polar surface area (TPSA) is 74.1 Å². The Morgan fingerprint density at radius 1 is 1.19 bits per heavy atom. The fourth-order valence-electron chi connectivity index (χ4n) is 3.74. The predicted octanol–water partition coefficient (Wildman–Crippen LogP) is 5.33. The molecule has 3 rings (SSSR count). The van der Waals surface area contributed by atoms with Gasteiger partial charge in [0.2, 0.25) is 0 Å². The standard InChI is InChI=1S/C25H28BrN3O3/c1-5-29-21(16-22(31)32-25(2,3)4)23(24(28-29)20-8-6-7-14-27-20)19(13-15-30)17-9-11-18(26)12-10-17/h6-12,14-15,19H,5,13,16H2,1-4H3. The molecule has 2 aromatic heterocycles. The first-order valence-electron chi connectivity index (χ1n) is 10.7. The lowest BCUT2D eigenvalue weighted by Gasteiger charge is -2.21. The number of ether oxygens (including phenoxy) is 1. The number of esters is 1. The Morgan fingerprint density at radius 3 is 2.47 bits per heavy atom. The number of carbonyl (C=O) groups is 2. The van der Waals surface area contributed by atoms with Crippen LogP contribution in [0.1, 0.15) is 56.9 Å². The van der Waals surface area contributed by atoms with Gasteiger partial charge < -0.3 is 9.53 Å². The van der Waals surface area contributed by atoms with Crippen molar-refractivity contribution in [1.29, 1.82) is 0 Å². The van der Waals surface area contributed by atoms with E-state index in [0.29, 0.717) is 17.9 Å².